The lowest BCUT2D eigenvalue weighted by Gasteiger charge is -2.17. The van der Waals surface area contributed by atoms with Crippen LogP contribution in [0.5, 0.6) is 0 Å². The molecule has 2 unspecified atom stereocenters. The molecule has 0 bridgehead atoms. The highest BCUT2D eigenvalue weighted by Crippen LogP contribution is 2.29. The molecule has 17 heavy (non-hydrogen) atoms. The minimum absolute atomic E-state index is 0.0109. The van der Waals surface area contributed by atoms with Crippen LogP contribution >= 0.6 is 34.8 Å². The van der Waals surface area contributed by atoms with Gasteiger partial charge in [0.2, 0.25) is 0 Å². The van der Waals surface area contributed by atoms with E-state index in [1.54, 1.807) is 0 Å². The minimum atomic E-state index is -1.53. The first kappa shape index (κ1) is 16.8. The monoisotopic (exact) mass is 306 g/mol. The number of alkyl halides is 3. The first-order valence-electron chi connectivity index (χ1n) is 4.76. The highest BCUT2D eigenvalue weighted by Gasteiger charge is 2.28. The van der Waals surface area contributed by atoms with E-state index >= 15 is 0 Å². The van der Waals surface area contributed by atoms with Gasteiger partial charge in [0, 0.05) is 6.42 Å². The molecule has 0 radical (unpaired) electrons. The summed E-state index contributed by atoms with van der Waals surface area (Å²) in [7, 11) is 0. The van der Waals surface area contributed by atoms with Crippen LogP contribution in [0.2, 0.25) is 0 Å². The van der Waals surface area contributed by atoms with Gasteiger partial charge in [-0.3, -0.25) is 9.59 Å². The Morgan fingerprint density at radius 1 is 1.35 bits per heavy atom. The fraction of sp³-hybridized carbons (Fsp3) is 0.778. The van der Waals surface area contributed by atoms with Crippen LogP contribution in [0.15, 0.2) is 0 Å². The number of rotatable bonds is 6. The highest BCUT2D eigenvalue weighted by atomic mass is 35.6. The molecule has 2 N–H and O–H groups in total. The van der Waals surface area contributed by atoms with Crippen LogP contribution in [-0.4, -0.2) is 38.7 Å². The van der Waals surface area contributed by atoms with Gasteiger partial charge in [0.1, 0.15) is 0 Å². The molecule has 5 nitrogen and oxygen atoms in total. The molecular weight excluding hydrogens is 294 g/mol. The number of halogens is 3. The van der Waals surface area contributed by atoms with Gasteiger partial charge >= 0.3 is 11.9 Å². The second-order valence-corrected chi connectivity index (χ2v) is 5.99. The van der Waals surface area contributed by atoms with Crippen LogP contribution in [-0.2, 0) is 14.3 Å². The van der Waals surface area contributed by atoms with Crippen LogP contribution in [0.4, 0.5) is 0 Å². The van der Waals surface area contributed by atoms with Crippen molar-refractivity contribution in [2.75, 3.05) is 6.61 Å². The molecule has 0 aromatic rings. The van der Waals surface area contributed by atoms with Crippen molar-refractivity contribution in [3.63, 3.8) is 0 Å². The molecule has 0 fully saturated rings. The van der Waals surface area contributed by atoms with Crippen LogP contribution < -0.4 is 0 Å². The predicted octanol–water partition coefficient (Wildman–Crippen LogP) is 1.76. The van der Waals surface area contributed by atoms with Gasteiger partial charge in [-0.15, -0.1) is 0 Å². The van der Waals surface area contributed by atoms with Crippen molar-refractivity contribution >= 4 is 46.7 Å². The maximum absolute atomic E-state index is 11.4. The molecule has 0 amide bonds. The quantitative estimate of drug-likeness (QED) is 0.577. The van der Waals surface area contributed by atoms with Crippen LogP contribution in [0.3, 0.4) is 0 Å². The largest absolute Gasteiger partial charge is 0.481 e. The number of carboxylic acids is 1. The number of carboxylic acid groups (broad SMARTS) is 1. The van der Waals surface area contributed by atoms with Crippen molar-refractivity contribution in [3.05, 3.63) is 0 Å². The van der Waals surface area contributed by atoms with Gasteiger partial charge in [0.05, 0.1) is 25.0 Å². The smallest absolute Gasteiger partial charge is 0.312 e. The third kappa shape index (κ3) is 8.49. The number of aliphatic hydroxyl groups is 1. The third-order valence-electron chi connectivity index (χ3n) is 1.91. The van der Waals surface area contributed by atoms with Gasteiger partial charge in [-0.25, -0.2) is 0 Å². The summed E-state index contributed by atoms with van der Waals surface area (Å²) in [5.74, 6) is -3.14. The summed E-state index contributed by atoms with van der Waals surface area (Å²) >= 11 is 16.3. The minimum Gasteiger partial charge on any atom is -0.481 e. The number of carbonyl (C=O) groups is 2. The first-order valence-corrected chi connectivity index (χ1v) is 5.90. The van der Waals surface area contributed by atoms with E-state index in [0.717, 1.165) is 0 Å². The average Bonchev–Trinajstić information content (AvgIpc) is 2.11. The fourth-order valence-electron chi connectivity index (χ4n) is 1.01. The summed E-state index contributed by atoms with van der Waals surface area (Å²) in [6, 6.07) is 0. The molecule has 0 aromatic heterocycles. The highest BCUT2D eigenvalue weighted by molar-refractivity contribution is 6.67. The third-order valence-corrected chi connectivity index (χ3v) is 2.48. The average molecular weight is 308 g/mol. The van der Waals surface area contributed by atoms with Crippen molar-refractivity contribution in [1.29, 1.82) is 0 Å². The molecule has 2 atom stereocenters. The SMILES string of the molecule is CC(O)C(CC(=O)O)C(=O)OCCC(Cl)(Cl)Cl. The number of hydrogen-bond donors (Lipinski definition) is 2. The van der Waals surface area contributed by atoms with E-state index in [9.17, 15) is 14.7 Å². The number of aliphatic carboxylic acids is 1. The topological polar surface area (TPSA) is 83.8 Å². The van der Waals surface area contributed by atoms with E-state index in [-0.39, 0.29) is 13.0 Å². The molecule has 0 aliphatic rings. The maximum Gasteiger partial charge on any atom is 0.312 e. The van der Waals surface area contributed by atoms with Crippen LogP contribution in [0, 0.1) is 5.92 Å². The molecule has 0 aliphatic carbocycles. The summed E-state index contributed by atoms with van der Waals surface area (Å²) in [4.78, 5) is 21.9. The van der Waals surface area contributed by atoms with Crippen LogP contribution in [0.1, 0.15) is 19.8 Å². The molecule has 0 rings (SSSR count). The van der Waals surface area contributed by atoms with Crippen molar-refractivity contribution in [2.45, 2.75) is 29.7 Å². The Labute approximate surface area is 114 Å². The zero-order chi connectivity index (χ0) is 13.6. The summed E-state index contributed by atoms with van der Waals surface area (Å²) < 4.78 is 3.19. The summed E-state index contributed by atoms with van der Waals surface area (Å²) in [6.45, 7) is 1.15. The lowest BCUT2D eigenvalue weighted by molar-refractivity contribution is -0.157. The van der Waals surface area contributed by atoms with Crippen molar-refractivity contribution < 1.29 is 24.5 Å². The van der Waals surface area contributed by atoms with E-state index in [1.165, 1.54) is 6.92 Å². The Bertz CT molecular complexity index is 274. The molecule has 0 saturated carbocycles. The second kappa shape index (κ2) is 7.26. The predicted molar refractivity (Wildman–Crippen MR) is 63.3 cm³/mol. The van der Waals surface area contributed by atoms with Gasteiger partial charge in [-0.1, -0.05) is 34.8 Å². The Hall–Kier alpha value is -0.230. The zero-order valence-electron chi connectivity index (χ0n) is 9.03. The van der Waals surface area contributed by atoms with Crippen molar-refractivity contribution in [3.8, 4) is 0 Å². The van der Waals surface area contributed by atoms with E-state index in [2.05, 4.69) is 0 Å². The molecular formula is C9H13Cl3O5. The molecule has 8 heteroatoms. The Kier molecular flexibility index (Phi) is 7.16. The van der Waals surface area contributed by atoms with E-state index in [0.29, 0.717) is 0 Å². The first-order chi connectivity index (χ1) is 7.63. The van der Waals surface area contributed by atoms with Gasteiger partial charge < -0.3 is 14.9 Å². The van der Waals surface area contributed by atoms with Gasteiger partial charge in [0.25, 0.3) is 0 Å². The zero-order valence-corrected chi connectivity index (χ0v) is 11.3. The Morgan fingerprint density at radius 2 is 1.88 bits per heavy atom. The van der Waals surface area contributed by atoms with E-state index in [4.69, 9.17) is 44.6 Å². The number of esters is 1. The van der Waals surface area contributed by atoms with Crippen molar-refractivity contribution in [2.24, 2.45) is 5.92 Å². The molecule has 0 spiro atoms. The normalized spacial score (nSPS) is 15.1. The van der Waals surface area contributed by atoms with Gasteiger partial charge in [0.15, 0.2) is 3.79 Å². The number of aliphatic hydroxyl groups excluding tert-OH is 1. The number of hydrogen-bond acceptors (Lipinski definition) is 4. The number of carbonyl (C=O) groups excluding carboxylic acids is 1. The Morgan fingerprint density at radius 3 is 2.24 bits per heavy atom. The molecule has 0 heterocycles. The standard InChI is InChI=1S/C9H13Cl3O5/c1-5(13)6(4-7(14)15)8(16)17-3-2-9(10,11)12/h5-6,13H,2-4H2,1H3,(H,14,15). The summed E-state index contributed by atoms with van der Waals surface area (Å²) in [5.41, 5.74) is 0. The van der Waals surface area contributed by atoms with Crippen molar-refractivity contribution in [1.82, 2.24) is 0 Å². The Balaban J connectivity index is 4.20. The van der Waals surface area contributed by atoms with Gasteiger partial charge in [-0.2, -0.15) is 0 Å². The maximum atomic E-state index is 11.4. The molecule has 0 saturated heterocycles. The summed E-state index contributed by atoms with van der Waals surface area (Å²) in [5, 5.41) is 17.8. The van der Waals surface area contributed by atoms with E-state index in [1.807, 2.05) is 0 Å². The summed E-state index contributed by atoms with van der Waals surface area (Å²) in [6.07, 6.45) is -1.64. The second-order valence-electron chi connectivity index (χ2n) is 3.48. The molecule has 100 valence electrons. The van der Waals surface area contributed by atoms with E-state index < -0.39 is 34.2 Å². The lowest BCUT2D eigenvalue weighted by Crippen LogP contribution is -2.30. The van der Waals surface area contributed by atoms with Crippen LogP contribution in [0.25, 0.3) is 0 Å². The fourth-order valence-corrected chi connectivity index (χ4v) is 1.24. The molecule has 0 aliphatic heterocycles. The lowest BCUT2D eigenvalue weighted by atomic mass is 10.0. The number of ether oxygens (including phenoxy) is 1. The van der Waals surface area contributed by atoms with Gasteiger partial charge in [-0.05, 0) is 6.92 Å². The molecule has 0 aromatic carbocycles.